The van der Waals surface area contributed by atoms with Gasteiger partial charge in [0, 0.05) is 38.2 Å². The van der Waals surface area contributed by atoms with Gasteiger partial charge in [-0.2, -0.15) is 5.26 Å². The number of nitriles is 1. The molecule has 2 rings (SSSR count). The van der Waals surface area contributed by atoms with Crippen molar-refractivity contribution in [2.75, 3.05) is 33.7 Å². The number of methoxy groups -OCH3 is 1. The number of rotatable bonds is 9. The number of hydrogen-bond acceptors (Lipinski definition) is 6. The molecule has 0 saturated heterocycles. The van der Waals surface area contributed by atoms with E-state index in [0.29, 0.717) is 38.3 Å². The van der Waals surface area contributed by atoms with Crippen LogP contribution >= 0.6 is 0 Å². The fourth-order valence-corrected chi connectivity index (χ4v) is 1.97. The van der Waals surface area contributed by atoms with E-state index in [9.17, 15) is 0 Å². The molecule has 1 heterocycles. The average Bonchev–Trinajstić information content (AvgIpc) is 2.95. The lowest BCUT2D eigenvalue weighted by Gasteiger charge is -2.13. The molecule has 0 radical (unpaired) electrons. The van der Waals surface area contributed by atoms with Crippen LogP contribution < -0.4 is 19.5 Å². The van der Waals surface area contributed by atoms with E-state index in [-0.39, 0.29) is 6.79 Å². The zero-order valence-electron chi connectivity index (χ0n) is 12.2. The Kier molecular flexibility index (Phi) is 6.13. The number of nitrogens with zero attached hydrogens (tertiary/aromatic N) is 1. The summed E-state index contributed by atoms with van der Waals surface area (Å²) in [7, 11) is 1.67. The van der Waals surface area contributed by atoms with Crippen molar-refractivity contribution < 1.29 is 18.9 Å². The smallest absolute Gasteiger partial charge is 0.231 e. The third kappa shape index (κ3) is 4.52. The predicted molar refractivity (Wildman–Crippen MR) is 76.5 cm³/mol. The topological polar surface area (TPSA) is 72.7 Å². The number of hydrogen-bond donors (Lipinski definition) is 1. The lowest BCUT2D eigenvalue weighted by Crippen LogP contribution is -2.19. The Labute approximate surface area is 124 Å². The Balaban J connectivity index is 1.99. The molecular weight excluding hydrogens is 272 g/mol. The zero-order chi connectivity index (χ0) is 14.9. The van der Waals surface area contributed by atoms with E-state index in [4.69, 9.17) is 24.2 Å². The van der Waals surface area contributed by atoms with Gasteiger partial charge in [-0.1, -0.05) is 0 Å². The van der Waals surface area contributed by atoms with Crippen molar-refractivity contribution in [3.8, 4) is 23.3 Å². The van der Waals surface area contributed by atoms with Crippen LogP contribution in [-0.2, 0) is 11.3 Å². The highest BCUT2D eigenvalue weighted by atomic mass is 16.7. The second-order valence-electron chi connectivity index (χ2n) is 4.59. The van der Waals surface area contributed by atoms with Crippen LogP contribution in [0.4, 0.5) is 0 Å². The summed E-state index contributed by atoms with van der Waals surface area (Å²) in [5.41, 5.74) is 1.01. The molecule has 0 aromatic heterocycles. The first-order valence-corrected chi connectivity index (χ1v) is 6.97. The third-order valence-electron chi connectivity index (χ3n) is 3.04. The first-order chi connectivity index (χ1) is 10.3. The van der Waals surface area contributed by atoms with E-state index in [0.717, 1.165) is 23.6 Å². The van der Waals surface area contributed by atoms with E-state index >= 15 is 0 Å². The monoisotopic (exact) mass is 292 g/mol. The van der Waals surface area contributed by atoms with Crippen LogP contribution in [0.15, 0.2) is 12.1 Å². The Morgan fingerprint density at radius 1 is 1.29 bits per heavy atom. The van der Waals surface area contributed by atoms with Gasteiger partial charge in [0.1, 0.15) is 5.75 Å². The van der Waals surface area contributed by atoms with Crippen LogP contribution in [0.3, 0.4) is 0 Å². The second-order valence-corrected chi connectivity index (χ2v) is 4.59. The summed E-state index contributed by atoms with van der Waals surface area (Å²) in [6.45, 7) is 2.83. The zero-order valence-corrected chi connectivity index (χ0v) is 12.2. The number of unbranched alkanes of at least 4 members (excludes halogenated alkanes) is 1. The average molecular weight is 292 g/mol. The minimum absolute atomic E-state index is 0.240. The van der Waals surface area contributed by atoms with Gasteiger partial charge in [-0.15, -0.1) is 0 Å². The van der Waals surface area contributed by atoms with Crippen LogP contribution in [0.25, 0.3) is 0 Å². The molecule has 21 heavy (non-hydrogen) atoms. The summed E-state index contributed by atoms with van der Waals surface area (Å²) < 4.78 is 21.5. The highest BCUT2D eigenvalue weighted by molar-refractivity contribution is 5.51. The Hall–Kier alpha value is -1.97. The molecule has 6 nitrogen and oxygen atoms in total. The maximum absolute atomic E-state index is 8.55. The predicted octanol–water partition coefficient (Wildman–Crippen LogP) is 1.83. The van der Waals surface area contributed by atoms with E-state index in [1.165, 1.54) is 0 Å². The van der Waals surface area contributed by atoms with Crippen molar-refractivity contribution in [2.24, 2.45) is 0 Å². The van der Waals surface area contributed by atoms with E-state index < -0.39 is 0 Å². The summed E-state index contributed by atoms with van der Waals surface area (Å²) in [5, 5.41) is 11.8. The van der Waals surface area contributed by atoms with Crippen molar-refractivity contribution in [2.45, 2.75) is 19.4 Å². The SMILES string of the molecule is COCCNCc1cc2c(cc1OCCCC#N)OCO2. The lowest BCUT2D eigenvalue weighted by atomic mass is 10.1. The number of fused-ring (bicyclic) bond motifs is 1. The first kappa shape index (κ1) is 15.4. The van der Waals surface area contributed by atoms with Crippen LogP contribution in [0.2, 0.25) is 0 Å². The standard InChI is InChI=1S/C15H20N2O4/c1-18-7-5-17-10-12-8-14-15(21-11-20-14)9-13(12)19-6-3-2-4-16/h8-9,17H,2-3,5-7,10-11H2,1H3. The van der Waals surface area contributed by atoms with Crippen molar-refractivity contribution >= 4 is 0 Å². The molecule has 0 spiro atoms. The first-order valence-electron chi connectivity index (χ1n) is 6.97. The maximum atomic E-state index is 8.55. The highest BCUT2D eigenvalue weighted by Crippen LogP contribution is 2.38. The minimum Gasteiger partial charge on any atom is -0.493 e. The third-order valence-corrected chi connectivity index (χ3v) is 3.04. The largest absolute Gasteiger partial charge is 0.493 e. The minimum atomic E-state index is 0.240. The summed E-state index contributed by atoms with van der Waals surface area (Å²) >= 11 is 0. The molecule has 0 fully saturated rings. The molecule has 1 aromatic rings. The van der Waals surface area contributed by atoms with Gasteiger partial charge in [-0.3, -0.25) is 0 Å². The van der Waals surface area contributed by atoms with E-state index in [1.54, 1.807) is 7.11 Å². The molecule has 0 bridgehead atoms. The van der Waals surface area contributed by atoms with Gasteiger partial charge >= 0.3 is 0 Å². The van der Waals surface area contributed by atoms with Crippen molar-refractivity contribution in [3.05, 3.63) is 17.7 Å². The molecule has 0 atom stereocenters. The summed E-state index contributed by atoms with van der Waals surface area (Å²) in [4.78, 5) is 0. The normalized spacial score (nSPS) is 12.2. The Morgan fingerprint density at radius 3 is 2.86 bits per heavy atom. The molecule has 1 aliphatic rings. The van der Waals surface area contributed by atoms with Gasteiger partial charge in [0.15, 0.2) is 11.5 Å². The quantitative estimate of drug-likeness (QED) is 0.700. The molecule has 0 unspecified atom stereocenters. The van der Waals surface area contributed by atoms with Crippen molar-refractivity contribution in [1.29, 1.82) is 5.26 Å². The summed E-state index contributed by atoms with van der Waals surface area (Å²) in [6, 6.07) is 5.89. The fourth-order valence-electron chi connectivity index (χ4n) is 1.97. The van der Waals surface area contributed by atoms with E-state index in [1.807, 2.05) is 12.1 Å². The molecule has 1 N–H and O–H groups in total. The van der Waals surface area contributed by atoms with Gasteiger partial charge < -0.3 is 24.3 Å². The van der Waals surface area contributed by atoms with Crippen molar-refractivity contribution in [3.63, 3.8) is 0 Å². The fraction of sp³-hybridized carbons (Fsp3) is 0.533. The van der Waals surface area contributed by atoms with E-state index in [2.05, 4.69) is 11.4 Å². The number of ether oxygens (including phenoxy) is 4. The molecule has 1 aliphatic heterocycles. The molecule has 1 aromatic carbocycles. The number of benzene rings is 1. The lowest BCUT2D eigenvalue weighted by molar-refractivity contribution is 0.173. The van der Waals surface area contributed by atoms with Gasteiger partial charge in [-0.05, 0) is 12.5 Å². The highest BCUT2D eigenvalue weighted by Gasteiger charge is 2.17. The Morgan fingerprint density at radius 2 is 2.10 bits per heavy atom. The molecule has 6 heteroatoms. The van der Waals surface area contributed by atoms with Gasteiger partial charge in [0.05, 0.1) is 19.3 Å². The maximum Gasteiger partial charge on any atom is 0.231 e. The molecule has 0 saturated carbocycles. The number of nitrogens with one attached hydrogen (secondary N) is 1. The summed E-state index contributed by atoms with van der Waals surface area (Å²) in [6.07, 6.45) is 1.20. The molecule has 114 valence electrons. The van der Waals surface area contributed by atoms with Gasteiger partial charge in [-0.25, -0.2) is 0 Å². The summed E-state index contributed by atoms with van der Waals surface area (Å²) in [5.74, 6) is 2.20. The molecule has 0 aliphatic carbocycles. The van der Waals surface area contributed by atoms with Crippen LogP contribution in [0.5, 0.6) is 17.2 Å². The van der Waals surface area contributed by atoms with Gasteiger partial charge in [0.2, 0.25) is 6.79 Å². The van der Waals surface area contributed by atoms with Crippen LogP contribution in [-0.4, -0.2) is 33.7 Å². The molecular formula is C15H20N2O4. The van der Waals surface area contributed by atoms with Crippen LogP contribution in [0, 0.1) is 11.3 Å². The van der Waals surface area contributed by atoms with Crippen molar-refractivity contribution in [1.82, 2.24) is 5.32 Å². The second kappa shape index (κ2) is 8.35. The van der Waals surface area contributed by atoms with Crippen LogP contribution in [0.1, 0.15) is 18.4 Å². The molecule has 0 amide bonds. The Bertz CT molecular complexity index is 499. The van der Waals surface area contributed by atoms with Gasteiger partial charge in [0.25, 0.3) is 0 Å².